The van der Waals surface area contributed by atoms with E-state index in [0.717, 1.165) is 12.3 Å². The molecule has 1 aliphatic heterocycles. The maximum absolute atomic E-state index is 12.3. The lowest BCUT2D eigenvalue weighted by Gasteiger charge is -2.25. The molecule has 1 aromatic rings. The number of benzene rings is 1. The summed E-state index contributed by atoms with van der Waals surface area (Å²) in [5.41, 5.74) is 0. The number of carbonyl (C=O) groups is 1. The average Bonchev–Trinajstić information content (AvgIpc) is 3.13. The number of hydrogen-bond donors (Lipinski definition) is 1. The molecular formula is C19H30N4O4. The molecule has 1 aromatic carbocycles. The maximum Gasteiger partial charge on any atom is 0.242 e. The van der Waals surface area contributed by atoms with Gasteiger partial charge in [-0.05, 0) is 32.9 Å². The number of nitrogens with one attached hydrogen (secondary N) is 1. The zero-order valence-electron chi connectivity index (χ0n) is 16.7. The molecule has 0 spiro atoms. The Labute approximate surface area is 161 Å². The third kappa shape index (κ3) is 5.94. The summed E-state index contributed by atoms with van der Waals surface area (Å²) < 4.78 is 16.4. The minimum Gasteiger partial charge on any atom is -0.492 e. The van der Waals surface area contributed by atoms with Gasteiger partial charge in [0, 0.05) is 32.7 Å². The van der Waals surface area contributed by atoms with E-state index in [4.69, 9.17) is 14.2 Å². The van der Waals surface area contributed by atoms with Gasteiger partial charge in [-0.25, -0.2) is 4.99 Å². The number of likely N-dealkylation sites (N-methyl/N-ethyl adjacent to an activating group) is 2. The number of aliphatic imine (C=N–C) groups is 1. The highest BCUT2D eigenvalue weighted by Crippen LogP contribution is 2.34. The summed E-state index contributed by atoms with van der Waals surface area (Å²) in [6, 6.07) is 5.49. The third-order valence-electron chi connectivity index (χ3n) is 4.15. The van der Waals surface area contributed by atoms with E-state index in [1.54, 1.807) is 0 Å². The van der Waals surface area contributed by atoms with Gasteiger partial charge in [-0.1, -0.05) is 0 Å². The zero-order valence-corrected chi connectivity index (χ0v) is 16.7. The number of nitrogens with zero attached hydrogens (tertiary/aromatic N) is 3. The number of amides is 1. The molecule has 0 aromatic heterocycles. The van der Waals surface area contributed by atoms with Gasteiger partial charge in [-0.2, -0.15) is 0 Å². The van der Waals surface area contributed by atoms with Crippen molar-refractivity contribution in [2.24, 2.45) is 4.99 Å². The minimum atomic E-state index is 0.0877. The van der Waals surface area contributed by atoms with Crippen LogP contribution in [0.25, 0.3) is 0 Å². The second-order valence-corrected chi connectivity index (χ2v) is 6.02. The van der Waals surface area contributed by atoms with Crippen molar-refractivity contribution in [2.75, 3.05) is 53.2 Å². The molecule has 1 amide bonds. The van der Waals surface area contributed by atoms with E-state index < -0.39 is 0 Å². The molecule has 0 aliphatic carbocycles. The SMILES string of the molecule is CCNC(=NCCOc1ccc2c(c1)OCO2)N(C)CC(=O)N(CC)CC. The molecule has 2 rings (SSSR count). The molecule has 0 saturated heterocycles. The van der Waals surface area contributed by atoms with Crippen molar-refractivity contribution in [3.63, 3.8) is 0 Å². The molecule has 0 saturated carbocycles. The van der Waals surface area contributed by atoms with Crippen molar-refractivity contribution in [1.29, 1.82) is 0 Å². The summed E-state index contributed by atoms with van der Waals surface area (Å²) in [5.74, 6) is 2.91. The van der Waals surface area contributed by atoms with Crippen LogP contribution in [0.3, 0.4) is 0 Å². The number of guanidine groups is 1. The van der Waals surface area contributed by atoms with Gasteiger partial charge < -0.3 is 29.3 Å². The molecule has 0 unspecified atom stereocenters. The van der Waals surface area contributed by atoms with Gasteiger partial charge in [0.15, 0.2) is 17.5 Å². The maximum atomic E-state index is 12.3. The summed E-state index contributed by atoms with van der Waals surface area (Å²) >= 11 is 0. The van der Waals surface area contributed by atoms with Crippen LogP contribution in [-0.2, 0) is 4.79 Å². The summed E-state index contributed by atoms with van der Waals surface area (Å²) in [6.45, 7) is 9.53. The molecule has 1 heterocycles. The lowest BCUT2D eigenvalue weighted by molar-refractivity contribution is -0.131. The molecule has 150 valence electrons. The predicted octanol–water partition coefficient (Wildman–Crippen LogP) is 1.56. The van der Waals surface area contributed by atoms with Gasteiger partial charge in [0.1, 0.15) is 12.4 Å². The van der Waals surface area contributed by atoms with E-state index >= 15 is 0 Å². The molecule has 27 heavy (non-hydrogen) atoms. The van der Waals surface area contributed by atoms with E-state index in [9.17, 15) is 4.79 Å². The Morgan fingerprint density at radius 2 is 1.96 bits per heavy atom. The average molecular weight is 378 g/mol. The van der Waals surface area contributed by atoms with Gasteiger partial charge in [-0.15, -0.1) is 0 Å². The van der Waals surface area contributed by atoms with Crippen LogP contribution in [0, 0.1) is 0 Å². The standard InChI is InChI=1S/C19H30N4O4/c1-5-20-19(22(4)13-18(24)23(6-2)7-3)21-10-11-25-15-8-9-16-17(12-15)27-14-26-16/h8-9,12H,5-7,10-11,13-14H2,1-4H3,(H,20,21). The van der Waals surface area contributed by atoms with Crippen LogP contribution in [0.2, 0.25) is 0 Å². The molecule has 0 bridgehead atoms. The van der Waals surface area contributed by atoms with Crippen LogP contribution in [0.5, 0.6) is 17.2 Å². The molecule has 0 radical (unpaired) electrons. The second-order valence-electron chi connectivity index (χ2n) is 6.02. The fourth-order valence-electron chi connectivity index (χ4n) is 2.71. The van der Waals surface area contributed by atoms with E-state index in [0.29, 0.717) is 43.7 Å². The fraction of sp³-hybridized carbons (Fsp3) is 0.579. The highest BCUT2D eigenvalue weighted by atomic mass is 16.7. The Morgan fingerprint density at radius 1 is 1.22 bits per heavy atom. The monoisotopic (exact) mass is 378 g/mol. The fourth-order valence-corrected chi connectivity index (χ4v) is 2.71. The molecule has 8 nitrogen and oxygen atoms in total. The van der Waals surface area contributed by atoms with E-state index in [1.807, 2.05) is 55.8 Å². The molecule has 1 N–H and O–H groups in total. The van der Waals surface area contributed by atoms with Crippen LogP contribution >= 0.6 is 0 Å². The molecule has 8 heteroatoms. The van der Waals surface area contributed by atoms with Gasteiger partial charge >= 0.3 is 0 Å². The first-order chi connectivity index (χ1) is 13.1. The zero-order chi connectivity index (χ0) is 19.6. The molecular weight excluding hydrogens is 348 g/mol. The van der Waals surface area contributed by atoms with Gasteiger partial charge in [-0.3, -0.25) is 4.79 Å². The first kappa shape index (κ1) is 20.7. The summed E-state index contributed by atoms with van der Waals surface area (Å²) in [6.07, 6.45) is 0. The predicted molar refractivity (Wildman–Crippen MR) is 105 cm³/mol. The molecule has 0 fully saturated rings. The Morgan fingerprint density at radius 3 is 2.67 bits per heavy atom. The lowest BCUT2D eigenvalue weighted by atomic mass is 10.3. The van der Waals surface area contributed by atoms with Crippen molar-refractivity contribution in [3.8, 4) is 17.2 Å². The highest BCUT2D eigenvalue weighted by Gasteiger charge is 2.15. The first-order valence-corrected chi connectivity index (χ1v) is 9.38. The molecule has 0 atom stereocenters. The Bertz CT molecular complexity index is 647. The topological polar surface area (TPSA) is 75.6 Å². The minimum absolute atomic E-state index is 0.0877. The van der Waals surface area contributed by atoms with Crippen molar-refractivity contribution in [1.82, 2.24) is 15.1 Å². The number of fused-ring (bicyclic) bond motifs is 1. The van der Waals surface area contributed by atoms with E-state index in [-0.39, 0.29) is 19.2 Å². The van der Waals surface area contributed by atoms with Crippen molar-refractivity contribution in [3.05, 3.63) is 18.2 Å². The summed E-state index contributed by atoms with van der Waals surface area (Å²) in [4.78, 5) is 20.5. The molecule has 1 aliphatic rings. The van der Waals surface area contributed by atoms with Gasteiger partial charge in [0.05, 0.1) is 13.1 Å². The number of carbonyl (C=O) groups excluding carboxylic acids is 1. The second kappa shape index (κ2) is 10.5. The van der Waals surface area contributed by atoms with Crippen LogP contribution < -0.4 is 19.5 Å². The van der Waals surface area contributed by atoms with Crippen molar-refractivity contribution in [2.45, 2.75) is 20.8 Å². The largest absolute Gasteiger partial charge is 0.492 e. The van der Waals surface area contributed by atoms with Crippen LogP contribution in [-0.4, -0.2) is 74.8 Å². The Balaban J connectivity index is 1.86. The number of hydrogen-bond acceptors (Lipinski definition) is 5. The van der Waals surface area contributed by atoms with Crippen LogP contribution in [0.4, 0.5) is 0 Å². The number of rotatable bonds is 9. The van der Waals surface area contributed by atoms with Crippen LogP contribution in [0.1, 0.15) is 20.8 Å². The smallest absolute Gasteiger partial charge is 0.242 e. The third-order valence-corrected chi connectivity index (χ3v) is 4.15. The Hall–Kier alpha value is -2.64. The first-order valence-electron chi connectivity index (χ1n) is 9.38. The van der Waals surface area contributed by atoms with Crippen LogP contribution in [0.15, 0.2) is 23.2 Å². The summed E-state index contributed by atoms with van der Waals surface area (Å²) in [5, 5.41) is 3.21. The van der Waals surface area contributed by atoms with E-state index in [1.165, 1.54) is 0 Å². The Kier molecular flexibility index (Phi) is 8.03. The van der Waals surface area contributed by atoms with Crippen molar-refractivity contribution < 1.29 is 19.0 Å². The normalized spacial score (nSPS) is 12.7. The highest BCUT2D eigenvalue weighted by molar-refractivity contribution is 5.86. The van der Waals surface area contributed by atoms with Gasteiger partial charge in [0.25, 0.3) is 0 Å². The quantitative estimate of drug-likeness (QED) is 0.399. The number of ether oxygens (including phenoxy) is 3. The van der Waals surface area contributed by atoms with E-state index in [2.05, 4.69) is 10.3 Å². The lowest BCUT2D eigenvalue weighted by Crippen LogP contribution is -2.45. The van der Waals surface area contributed by atoms with Crippen molar-refractivity contribution >= 4 is 11.9 Å². The van der Waals surface area contributed by atoms with Gasteiger partial charge in [0.2, 0.25) is 12.7 Å². The summed E-state index contributed by atoms with van der Waals surface area (Å²) in [7, 11) is 1.86.